The Balaban J connectivity index is 1.73. The molecule has 4 N–H and O–H groups in total. The van der Waals surface area contributed by atoms with Crippen molar-refractivity contribution < 1.29 is 18.9 Å². The molecule has 0 saturated carbocycles. The summed E-state index contributed by atoms with van der Waals surface area (Å²) in [4.78, 5) is 42.2. The number of carbonyl (C=O) groups excluding carboxylic acids is 2. The summed E-state index contributed by atoms with van der Waals surface area (Å²) in [5, 5.41) is 11.8. The summed E-state index contributed by atoms with van der Waals surface area (Å²) in [6, 6.07) is 9.01. The quantitative estimate of drug-likeness (QED) is 0.333. The maximum Gasteiger partial charge on any atom is 0.356 e. The van der Waals surface area contributed by atoms with Crippen molar-refractivity contribution in [3.8, 4) is 0 Å². The van der Waals surface area contributed by atoms with Crippen molar-refractivity contribution in [3.63, 3.8) is 0 Å². The fourth-order valence-corrected chi connectivity index (χ4v) is 2.33. The van der Waals surface area contributed by atoms with E-state index < -0.39 is 22.4 Å². The Bertz CT molecular complexity index is 1060. The van der Waals surface area contributed by atoms with Gasteiger partial charge in [0.05, 0.1) is 11.2 Å². The molecule has 0 radical (unpaired) electrons. The van der Waals surface area contributed by atoms with Crippen molar-refractivity contribution in [1.29, 1.82) is 0 Å². The highest BCUT2D eigenvalue weighted by molar-refractivity contribution is 6.30. The van der Waals surface area contributed by atoms with E-state index in [0.29, 0.717) is 5.02 Å². The molecular weight excluding hydrogens is 406 g/mol. The van der Waals surface area contributed by atoms with Crippen LogP contribution < -0.4 is 21.7 Å². The molecule has 3 rings (SSSR count). The summed E-state index contributed by atoms with van der Waals surface area (Å²) in [7, 11) is 0. The van der Waals surface area contributed by atoms with Crippen LogP contribution in [0, 0.1) is 10.1 Å². The van der Waals surface area contributed by atoms with E-state index in [0.717, 1.165) is 6.33 Å². The zero-order valence-corrected chi connectivity index (χ0v) is 15.1. The number of aromatic nitrogens is 2. The number of furan rings is 1. The Labute approximate surface area is 167 Å². The van der Waals surface area contributed by atoms with E-state index in [9.17, 15) is 19.7 Å². The summed E-state index contributed by atoms with van der Waals surface area (Å²) in [6.07, 6.45) is 2.30. The van der Waals surface area contributed by atoms with Crippen molar-refractivity contribution in [2.24, 2.45) is 0 Å². The molecule has 29 heavy (non-hydrogen) atoms. The number of carbonyl (C=O) groups is 2. The minimum Gasteiger partial charge on any atom is -0.459 e. The predicted molar refractivity (Wildman–Crippen MR) is 101 cm³/mol. The number of nitrogens with zero attached hydrogens (tertiary/aromatic N) is 3. The van der Waals surface area contributed by atoms with E-state index in [1.54, 1.807) is 12.1 Å². The second-order valence-electron chi connectivity index (χ2n) is 5.32. The van der Waals surface area contributed by atoms with E-state index in [1.807, 2.05) is 0 Å². The van der Waals surface area contributed by atoms with Crippen LogP contribution in [-0.2, 0) is 0 Å². The van der Waals surface area contributed by atoms with Gasteiger partial charge in [0.2, 0.25) is 11.6 Å². The highest BCUT2D eigenvalue weighted by Gasteiger charge is 2.24. The fraction of sp³-hybridized carbons (Fsp3) is 0. The van der Waals surface area contributed by atoms with Gasteiger partial charge in [-0.25, -0.2) is 9.97 Å². The van der Waals surface area contributed by atoms with Gasteiger partial charge in [0.15, 0.2) is 5.76 Å². The molecule has 13 heteroatoms. The highest BCUT2D eigenvalue weighted by Crippen LogP contribution is 2.27. The largest absolute Gasteiger partial charge is 0.459 e. The third-order valence-corrected chi connectivity index (χ3v) is 3.66. The van der Waals surface area contributed by atoms with Crippen molar-refractivity contribution in [2.45, 2.75) is 0 Å². The van der Waals surface area contributed by atoms with Gasteiger partial charge >= 0.3 is 11.6 Å². The first-order valence-electron chi connectivity index (χ1n) is 7.87. The Morgan fingerprint density at radius 1 is 1.03 bits per heavy atom. The number of halogens is 1. The summed E-state index contributed by atoms with van der Waals surface area (Å²) >= 11 is 5.83. The Hall–Kier alpha value is -4.19. The SMILES string of the molecule is O=C(NNc1ncnc(NNC(=O)c2ccco2)c1[N+](=O)[O-])c1cccc(Cl)c1. The first kappa shape index (κ1) is 19.6. The van der Waals surface area contributed by atoms with E-state index in [-0.39, 0.29) is 23.0 Å². The van der Waals surface area contributed by atoms with Crippen LogP contribution in [0.4, 0.5) is 17.3 Å². The monoisotopic (exact) mass is 417 g/mol. The van der Waals surface area contributed by atoms with Gasteiger partial charge in [-0.1, -0.05) is 17.7 Å². The van der Waals surface area contributed by atoms with Gasteiger partial charge in [0, 0.05) is 10.6 Å². The van der Waals surface area contributed by atoms with Crippen LogP contribution in [0.2, 0.25) is 5.02 Å². The lowest BCUT2D eigenvalue weighted by molar-refractivity contribution is -0.383. The molecule has 12 nitrogen and oxygen atoms in total. The molecular formula is C16H12ClN7O5. The number of nitro groups is 1. The van der Waals surface area contributed by atoms with Gasteiger partial charge in [-0.2, -0.15) is 0 Å². The van der Waals surface area contributed by atoms with Crippen molar-refractivity contribution in [2.75, 3.05) is 10.9 Å². The third kappa shape index (κ3) is 4.75. The lowest BCUT2D eigenvalue weighted by Crippen LogP contribution is -2.32. The minimum absolute atomic E-state index is 0.0126. The van der Waals surface area contributed by atoms with Crippen LogP contribution in [-0.4, -0.2) is 26.7 Å². The zero-order chi connectivity index (χ0) is 20.8. The summed E-state index contributed by atoms with van der Waals surface area (Å²) in [5.41, 5.74) is 8.80. The standard InChI is InChI=1S/C16H12ClN7O5/c17-10-4-1-3-9(7-10)15(25)22-20-13-12(24(27)28)14(19-8-18-13)21-23-16(26)11-5-2-6-29-11/h1-8H,(H,22,25)(H,23,26)(H2,18,19,20,21). The molecule has 0 saturated heterocycles. The Morgan fingerprint density at radius 3 is 2.31 bits per heavy atom. The predicted octanol–water partition coefficient (Wildman–Crippen LogP) is 2.14. The van der Waals surface area contributed by atoms with Crippen LogP contribution in [0.15, 0.2) is 53.4 Å². The zero-order valence-electron chi connectivity index (χ0n) is 14.4. The Kier molecular flexibility index (Phi) is 5.85. The number of hydrogen-bond donors (Lipinski definition) is 4. The molecule has 0 fully saturated rings. The first-order chi connectivity index (χ1) is 14.0. The molecule has 1 aromatic carbocycles. The lowest BCUT2D eigenvalue weighted by atomic mass is 10.2. The average Bonchev–Trinajstić information content (AvgIpc) is 3.25. The second-order valence-corrected chi connectivity index (χ2v) is 5.76. The number of nitrogens with one attached hydrogen (secondary N) is 4. The number of hydrogen-bond acceptors (Lipinski definition) is 9. The Morgan fingerprint density at radius 2 is 1.72 bits per heavy atom. The molecule has 2 heterocycles. The molecule has 2 amide bonds. The normalized spacial score (nSPS) is 10.1. The van der Waals surface area contributed by atoms with Crippen molar-refractivity contribution in [1.82, 2.24) is 20.8 Å². The number of hydrazine groups is 2. The summed E-state index contributed by atoms with van der Waals surface area (Å²) in [6.45, 7) is 0. The van der Waals surface area contributed by atoms with Gasteiger partial charge in [-0.15, -0.1) is 0 Å². The second kappa shape index (κ2) is 8.67. The number of amides is 2. The van der Waals surface area contributed by atoms with E-state index in [4.69, 9.17) is 16.0 Å². The van der Waals surface area contributed by atoms with Crippen LogP contribution >= 0.6 is 11.6 Å². The smallest absolute Gasteiger partial charge is 0.356 e. The molecule has 0 aliphatic carbocycles. The summed E-state index contributed by atoms with van der Waals surface area (Å²) < 4.78 is 4.91. The van der Waals surface area contributed by atoms with Gasteiger partial charge in [-0.05, 0) is 30.3 Å². The van der Waals surface area contributed by atoms with Crippen molar-refractivity contribution in [3.05, 3.63) is 75.4 Å². The van der Waals surface area contributed by atoms with E-state index in [2.05, 4.69) is 31.7 Å². The van der Waals surface area contributed by atoms with Crippen LogP contribution in [0.3, 0.4) is 0 Å². The minimum atomic E-state index is -0.782. The molecule has 148 valence electrons. The highest BCUT2D eigenvalue weighted by atomic mass is 35.5. The molecule has 0 aliphatic heterocycles. The molecule has 0 unspecified atom stereocenters. The molecule has 0 bridgehead atoms. The van der Waals surface area contributed by atoms with E-state index in [1.165, 1.54) is 30.5 Å². The molecule has 3 aromatic rings. The molecule has 0 spiro atoms. The van der Waals surface area contributed by atoms with E-state index >= 15 is 0 Å². The number of anilines is 2. The van der Waals surface area contributed by atoms with Crippen LogP contribution in [0.5, 0.6) is 0 Å². The fourth-order valence-electron chi connectivity index (χ4n) is 2.14. The van der Waals surface area contributed by atoms with Crippen LogP contribution in [0.25, 0.3) is 0 Å². The maximum absolute atomic E-state index is 12.2. The summed E-state index contributed by atoms with van der Waals surface area (Å²) in [5.74, 6) is -1.91. The van der Waals surface area contributed by atoms with Gasteiger partial charge in [-0.3, -0.25) is 41.4 Å². The number of rotatable bonds is 7. The molecule has 0 aliphatic rings. The number of benzene rings is 1. The topological polar surface area (TPSA) is 164 Å². The third-order valence-electron chi connectivity index (χ3n) is 3.43. The maximum atomic E-state index is 12.2. The van der Waals surface area contributed by atoms with Gasteiger partial charge < -0.3 is 4.42 Å². The first-order valence-corrected chi connectivity index (χ1v) is 8.24. The van der Waals surface area contributed by atoms with Gasteiger partial charge in [0.1, 0.15) is 6.33 Å². The van der Waals surface area contributed by atoms with Crippen LogP contribution in [0.1, 0.15) is 20.9 Å². The van der Waals surface area contributed by atoms with Crippen molar-refractivity contribution >= 4 is 40.7 Å². The average molecular weight is 418 g/mol. The lowest BCUT2D eigenvalue weighted by Gasteiger charge is -2.11. The molecule has 0 atom stereocenters. The molecule has 2 aromatic heterocycles. The van der Waals surface area contributed by atoms with Gasteiger partial charge in [0.25, 0.3) is 5.91 Å².